The van der Waals surface area contributed by atoms with Gasteiger partial charge in [-0.15, -0.1) is 0 Å². The molecule has 1 heteroatoms. The third kappa shape index (κ3) is 0.645. The van der Waals surface area contributed by atoms with Crippen LogP contribution in [-0.4, -0.2) is 16.4 Å². The molecule has 0 nitrogen and oxygen atoms in total. The minimum Gasteiger partial charge on any atom is -0.174 e. The van der Waals surface area contributed by atoms with Gasteiger partial charge in [-0.3, -0.25) is 0 Å². The summed E-state index contributed by atoms with van der Waals surface area (Å²) in [5, 5.41) is 3.15. The summed E-state index contributed by atoms with van der Waals surface area (Å²) < 4.78 is 0. The maximum atomic E-state index is 3.98. The fourth-order valence-electron chi connectivity index (χ4n) is 1.40. The van der Waals surface area contributed by atoms with Crippen LogP contribution in [0.1, 0.15) is 6.42 Å². The number of allylic oxidation sites excluding steroid dienone is 1. The van der Waals surface area contributed by atoms with Gasteiger partial charge in [0.2, 0.25) is 0 Å². The monoisotopic (exact) mass is 138 g/mol. The molecule has 0 N–H and O–H groups in total. The highest BCUT2D eigenvalue weighted by atomic mass is 32.2. The fourth-order valence-corrected chi connectivity index (χ4v) is 3.64. The lowest BCUT2D eigenvalue weighted by atomic mass is 10.1. The first-order valence-corrected chi connectivity index (χ1v) is 4.68. The SMILES string of the molecule is C=C1C=S2CC(=C)C2C1. The van der Waals surface area contributed by atoms with Crippen molar-refractivity contribution < 1.29 is 0 Å². The Kier molecular flexibility index (Phi) is 0.974. The summed E-state index contributed by atoms with van der Waals surface area (Å²) in [6, 6.07) is 0. The number of hydrogen-bond acceptors (Lipinski definition) is 0. The number of rotatable bonds is 0. The van der Waals surface area contributed by atoms with E-state index < -0.39 is 0 Å². The number of fused-ring (bicyclic) bond motifs is 1. The lowest BCUT2D eigenvalue weighted by Gasteiger charge is -2.29. The zero-order chi connectivity index (χ0) is 6.43. The molecule has 2 unspecified atom stereocenters. The van der Waals surface area contributed by atoms with Gasteiger partial charge in [0.25, 0.3) is 0 Å². The summed E-state index contributed by atoms with van der Waals surface area (Å²) >= 11 is 0. The van der Waals surface area contributed by atoms with Crippen molar-refractivity contribution in [2.24, 2.45) is 0 Å². The Hall–Kier alpha value is -0.300. The molecule has 0 spiro atoms. The van der Waals surface area contributed by atoms with Gasteiger partial charge in [0.15, 0.2) is 0 Å². The van der Waals surface area contributed by atoms with Crippen LogP contribution in [0, 0.1) is 0 Å². The van der Waals surface area contributed by atoms with Crippen molar-refractivity contribution in [3.05, 3.63) is 24.3 Å². The molecule has 0 radical (unpaired) electrons. The molecule has 0 amide bonds. The molecule has 48 valence electrons. The molecule has 1 fully saturated rings. The van der Waals surface area contributed by atoms with E-state index in [1.165, 1.54) is 23.3 Å². The minimum atomic E-state index is 0.579. The van der Waals surface area contributed by atoms with Crippen LogP contribution in [0.25, 0.3) is 0 Å². The van der Waals surface area contributed by atoms with E-state index in [1.807, 2.05) is 0 Å². The molecule has 0 aromatic heterocycles. The van der Waals surface area contributed by atoms with E-state index in [0.29, 0.717) is 10.5 Å². The van der Waals surface area contributed by atoms with Gasteiger partial charge < -0.3 is 0 Å². The Morgan fingerprint density at radius 3 is 2.78 bits per heavy atom. The first kappa shape index (κ1) is 5.48. The molecule has 2 aliphatic rings. The first-order chi connectivity index (χ1) is 4.27. The van der Waals surface area contributed by atoms with Crippen molar-refractivity contribution in [3.8, 4) is 0 Å². The molecule has 2 atom stereocenters. The van der Waals surface area contributed by atoms with E-state index in [9.17, 15) is 0 Å². The Balaban J connectivity index is 2.31. The van der Waals surface area contributed by atoms with Crippen molar-refractivity contribution in [1.82, 2.24) is 0 Å². The molecule has 9 heavy (non-hydrogen) atoms. The van der Waals surface area contributed by atoms with E-state index in [0.717, 1.165) is 5.25 Å². The topological polar surface area (TPSA) is 0 Å². The quantitative estimate of drug-likeness (QED) is 0.273. The summed E-state index contributed by atoms with van der Waals surface area (Å²) in [5.74, 6) is 1.25. The maximum absolute atomic E-state index is 3.98. The van der Waals surface area contributed by atoms with Crippen molar-refractivity contribution in [1.29, 1.82) is 0 Å². The molecule has 2 heterocycles. The second-order valence-electron chi connectivity index (χ2n) is 2.74. The van der Waals surface area contributed by atoms with Crippen LogP contribution < -0.4 is 0 Å². The van der Waals surface area contributed by atoms with E-state index >= 15 is 0 Å². The lowest BCUT2D eigenvalue weighted by Crippen LogP contribution is -2.18. The first-order valence-electron chi connectivity index (χ1n) is 3.16. The number of hydrogen-bond donors (Lipinski definition) is 0. The average Bonchev–Trinajstić information content (AvgIpc) is 2.08. The van der Waals surface area contributed by atoms with Crippen molar-refractivity contribution in [3.63, 3.8) is 0 Å². The normalized spacial score (nSPS) is 39.6. The molecular formula is C8H10S. The molecule has 0 aromatic carbocycles. The van der Waals surface area contributed by atoms with E-state index in [4.69, 9.17) is 0 Å². The van der Waals surface area contributed by atoms with Crippen LogP contribution in [0.4, 0.5) is 0 Å². The molecule has 1 saturated heterocycles. The van der Waals surface area contributed by atoms with Crippen LogP contribution in [0.5, 0.6) is 0 Å². The zero-order valence-corrected chi connectivity index (χ0v) is 6.21. The second kappa shape index (κ2) is 1.60. The fraction of sp³-hybridized carbons (Fsp3) is 0.375. The van der Waals surface area contributed by atoms with E-state index in [1.54, 1.807) is 0 Å². The lowest BCUT2D eigenvalue weighted by molar-refractivity contribution is 0.967. The van der Waals surface area contributed by atoms with Crippen molar-refractivity contribution in [2.45, 2.75) is 11.7 Å². The van der Waals surface area contributed by atoms with Gasteiger partial charge in [-0.1, -0.05) is 18.7 Å². The smallest absolute Gasteiger partial charge is 0.0255 e. The third-order valence-corrected chi connectivity index (χ3v) is 4.51. The predicted molar refractivity (Wildman–Crippen MR) is 45.2 cm³/mol. The van der Waals surface area contributed by atoms with Crippen LogP contribution in [-0.2, 0) is 0 Å². The highest BCUT2D eigenvalue weighted by Crippen LogP contribution is 2.47. The van der Waals surface area contributed by atoms with Crippen LogP contribution in [0.3, 0.4) is 0 Å². The summed E-state index contributed by atoms with van der Waals surface area (Å²) in [5.41, 5.74) is 2.79. The third-order valence-electron chi connectivity index (χ3n) is 1.94. The van der Waals surface area contributed by atoms with Crippen molar-refractivity contribution >= 4 is 15.9 Å². The molecule has 0 aromatic rings. The standard InChI is InChI=1S/C8H10S/c1-6-3-8-7(2)5-9(8)4-6/h4,8H,1-3,5H2. The van der Waals surface area contributed by atoms with Crippen LogP contribution in [0.2, 0.25) is 0 Å². The van der Waals surface area contributed by atoms with Gasteiger partial charge in [0.1, 0.15) is 0 Å². The highest BCUT2D eigenvalue weighted by molar-refractivity contribution is 8.17. The second-order valence-corrected chi connectivity index (χ2v) is 4.77. The molecule has 0 bridgehead atoms. The van der Waals surface area contributed by atoms with Crippen LogP contribution >= 0.6 is 10.5 Å². The predicted octanol–water partition coefficient (Wildman–Crippen LogP) is 1.96. The Bertz CT molecular complexity index is 223. The molecule has 0 aliphatic carbocycles. The maximum Gasteiger partial charge on any atom is 0.0255 e. The molecular weight excluding hydrogens is 128 g/mol. The summed E-state index contributed by atoms with van der Waals surface area (Å²) in [6.45, 7) is 7.92. The summed E-state index contributed by atoms with van der Waals surface area (Å²) in [7, 11) is 0.579. The van der Waals surface area contributed by atoms with E-state index in [-0.39, 0.29) is 0 Å². The zero-order valence-electron chi connectivity index (χ0n) is 5.39. The Labute approximate surface area is 58.2 Å². The van der Waals surface area contributed by atoms with Gasteiger partial charge in [-0.05, 0) is 17.4 Å². The molecule has 0 saturated carbocycles. The van der Waals surface area contributed by atoms with Gasteiger partial charge in [-0.25, -0.2) is 0 Å². The van der Waals surface area contributed by atoms with Gasteiger partial charge >= 0.3 is 0 Å². The van der Waals surface area contributed by atoms with Gasteiger partial charge in [0.05, 0.1) is 0 Å². The molecule has 2 rings (SSSR count). The summed E-state index contributed by atoms with van der Waals surface area (Å²) in [6.07, 6.45) is 1.20. The molecule has 2 aliphatic heterocycles. The minimum absolute atomic E-state index is 0.579. The highest BCUT2D eigenvalue weighted by Gasteiger charge is 2.31. The summed E-state index contributed by atoms with van der Waals surface area (Å²) in [4.78, 5) is 0. The Morgan fingerprint density at radius 2 is 2.33 bits per heavy atom. The Morgan fingerprint density at radius 1 is 1.56 bits per heavy atom. The van der Waals surface area contributed by atoms with Gasteiger partial charge in [0, 0.05) is 11.0 Å². The van der Waals surface area contributed by atoms with Crippen LogP contribution in [0.15, 0.2) is 24.3 Å². The largest absolute Gasteiger partial charge is 0.174 e. The van der Waals surface area contributed by atoms with Gasteiger partial charge in [-0.2, -0.15) is 10.5 Å². The average molecular weight is 138 g/mol. The van der Waals surface area contributed by atoms with E-state index in [2.05, 4.69) is 18.5 Å². The van der Waals surface area contributed by atoms with Crippen molar-refractivity contribution in [2.75, 3.05) is 5.75 Å².